The molecule has 0 aliphatic rings. The molecule has 1 nitrogen and oxygen atoms in total. The molecule has 0 aromatic rings. The van der Waals surface area contributed by atoms with Crippen LogP contribution in [0.2, 0.25) is 0 Å². The Morgan fingerprint density at radius 1 is 1.62 bits per heavy atom. The zero-order valence-corrected chi connectivity index (χ0v) is 7.61. The van der Waals surface area contributed by atoms with E-state index in [1.807, 2.05) is 6.92 Å². The molecule has 0 N–H and O–H groups in total. The fourth-order valence-corrected chi connectivity index (χ4v) is 3.18. The van der Waals surface area contributed by atoms with E-state index in [0.717, 1.165) is 12.4 Å². The third-order valence-electron chi connectivity index (χ3n) is 0.469. The molecule has 0 saturated heterocycles. The highest BCUT2D eigenvalue weighted by Gasteiger charge is 2.08. The summed E-state index contributed by atoms with van der Waals surface area (Å²) in [7, 11) is 0. The van der Waals surface area contributed by atoms with Crippen molar-refractivity contribution in [1.29, 1.82) is 0 Å². The second-order valence-corrected chi connectivity index (χ2v) is 6.06. The van der Waals surface area contributed by atoms with Crippen LogP contribution in [-0.2, 0) is 16.3 Å². The van der Waals surface area contributed by atoms with Crippen molar-refractivity contribution in [3.63, 3.8) is 0 Å². The van der Waals surface area contributed by atoms with Gasteiger partial charge in [0.25, 0.3) is 0 Å². The summed E-state index contributed by atoms with van der Waals surface area (Å²) in [6.45, 7) is 4.81. The summed E-state index contributed by atoms with van der Waals surface area (Å²) in [6, 6.07) is 0. The molecule has 1 atom stereocenters. The molecule has 0 fully saturated rings. The van der Waals surface area contributed by atoms with E-state index in [1.54, 1.807) is 11.4 Å². The van der Waals surface area contributed by atoms with Gasteiger partial charge in [-0.05, 0) is 6.92 Å². The molecule has 1 unspecified atom stereocenters. The van der Waals surface area contributed by atoms with Gasteiger partial charge in [0.05, 0.1) is 6.61 Å². The van der Waals surface area contributed by atoms with Crippen LogP contribution >= 0.6 is 17.5 Å². The summed E-state index contributed by atoms with van der Waals surface area (Å²) in [4.78, 5) is 0. The molecule has 0 bridgehead atoms. The van der Waals surface area contributed by atoms with E-state index in [4.69, 9.17) is 16.3 Å². The molecule has 0 rings (SSSR count). The van der Waals surface area contributed by atoms with Gasteiger partial charge in [-0.3, -0.25) is 0 Å². The smallest absolute Gasteiger partial charge is 0.159 e. The predicted molar refractivity (Wildman–Crippen MR) is 44.0 cm³/mol. The maximum atomic E-state index is 5.12. The molecule has 4 heteroatoms. The van der Waals surface area contributed by atoms with Crippen molar-refractivity contribution in [2.24, 2.45) is 0 Å². The second kappa shape index (κ2) is 5.96. The van der Waals surface area contributed by atoms with Crippen molar-refractivity contribution in [1.82, 2.24) is 0 Å². The van der Waals surface area contributed by atoms with Gasteiger partial charge >= 0.3 is 6.13 Å². The maximum Gasteiger partial charge on any atom is 0.414 e. The van der Waals surface area contributed by atoms with Crippen molar-refractivity contribution < 1.29 is 4.52 Å². The lowest BCUT2D eigenvalue weighted by Crippen LogP contribution is -1.72. The third kappa shape index (κ3) is 4.98. The number of hydrogen-bond acceptors (Lipinski definition) is 3. The van der Waals surface area contributed by atoms with E-state index in [0.29, 0.717) is 0 Å². The molecule has 0 aliphatic carbocycles. The molecule has 0 amide bonds. The van der Waals surface area contributed by atoms with Crippen LogP contribution in [-0.4, -0.2) is 12.4 Å². The highest BCUT2D eigenvalue weighted by atomic mass is 32.9. The fourth-order valence-electron chi connectivity index (χ4n) is 0.248. The lowest BCUT2D eigenvalue weighted by atomic mass is 10.9. The monoisotopic (exact) mass is 169 g/mol. The normalized spacial score (nSPS) is 11.5. The quantitative estimate of drug-likeness (QED) is 0.598. The van der Waals surface area contributed by atoms with Gasteiger partial charge in [0, 0.05) is 5.75 Å². The Morgan fingerprint density at radius 2 is 2.25 bits per heavy atom. The zero-order chi connectivity index (χ0) is 6.41. The third-order valence-corrected chi connectivity index (χ3v) is 4.40. The van der Waals surface area contributed by atoms with Crippen molar-refractivity contribution in [3.8, 4) is 0 Å². The largest absolute Gasteiger partial charge is 0.414 e. The van der Waals surface area contributed by atoms with Crippen LogP contribution in [0.5, 0.6) is 0 Å². The van der Waals surface area contributed by atoms with Crippen LogP contribution < -0.4 is 0 Å². The SMILES string of the molecule is CCO[P+](=S)SCC. The Bertz CT molecular complexity index is 68.4. The van der Waals surface area contributed by atoms with Gasteiger partial charge in [-0.15, -0.1) is 0 Å². The standard InChI is InChI=1S/C4H10OPS2/c1-3-5-6(7)8-4-2/h3-4H2,1-2H3/q+1. The van der Waals surface area contributed by atoms with E-state index in [1.165, 1.54) is 0 Å². The van der Waals surface area contributed by atoms with Gasteiger partial charge in [0.15, 0.2) is 0 Å². The summed E-state index contributed by atoms with van der Waals surface area (Å²) in [5.41, 5.74) is 0. The Kier molecular flexibility index (Phi) is 6.58. The number of hydrogen-bond donors (Lipinski definition) is 0. The average molecular weight is 169 g/mol. The molecule has 0 aromatic carbocycles. The summed E-state index contributed by atoms with van der Waals surface area (Å²) >= 11 is 6.65. The highest BCUT2D eigenvalue weighted by Crippen LogP contribution is 2.38. The van der Waals surface area contributed by atoms with Crippen LogP contribution in [0.1, 0.15) is 13.8 Å². The average Bonchev–Trinajstić information content (AvgIpc) is 1.68. The molecule has 0 aliphatic heterocycles. The van der Waals surface area contributed by atoms with Crippen LogP contribution in [0.4, 0.5) is 0 Å². The van der Waals surface area contributed by atoms with Crippen molar-refractivity contribution in [2.45, 2.75) is 13.8 Å². The summed E-state index contributed by atoms with van der Waals surface area (Å²) in [5, 5.41) is 0. The molecule has 0 saturated carbocycles. The summed E-state index contributed by atoms with van der Waals surface area (Å²) in [5.74, 6) is 1.06. The van der Waals surface area contributed by atoms with Gasteiger partial charge in [-0.2, -0.15) is 4.52 Å². The van der Waals surface area contributed by atoms with Gasteiger partial charge < -0.3 is 0 Å². The Labute approximate surface area is 60.4 Å². The van der Waals surface area contributed by atoms with Crippen molar-refractivity contribution >= 4 is 29.3 Å². The predicted octanol–water partition coefficient (Wildman–Crippen LogP) is 2.55. The van der Waals surface area contributed by atoms with E-state index >= 15 is 0 Å². The van der Waals surface area contributed by atoms with E-state index < -0.39 is 6.13 Å². The topological polar surface area (TPSA) is 9.23 Å². The first-order chi connectivity index (χ1) is 3.81. The van der Waals surface area contributed by atoms with Crippen LogP contribution in [0.25, 0.3) is 0 Å². The van der Waals surface area contributed by atoms with Gasteiger partial charge in [0.1, 0.15) is 11.4 Å². The Morgan fingerprint density at radius 3 is 2.62 bits per heavy atom. The Hall–Kier alpha value is 0.830. The van der Waals surface area contributed by atoms with Crippen molar-refractivity contribution in [3.05, 3.63) is 0 Å². The van der Waals surface area contributed by atoms with Gasteiger partial charge in [0.2, 0.25) is 11.8 Å². The van der Waals surface area contributed by atoms with E-state index in [9.17, 15) is 0 Å². The number of rotatable bonds is 4. The van der Waals surface area contributed by atoms with Gasteiger partial charge in [-0.1, -0.05) is 6.92 Å². The molecule has 0 radical (unpaired) electrons. The molecular weight excluding hydrogens is 159 g/mol. The first-order valence-corrected chi connectivity index (χ1v) is 6.40. The van der Waals surface area contributed by atoms with E-state index in [2.05, 4.69) is 6.92 Å². The lowest BCUT2D eigenvalue weighted by Gasteiger charge is -1.81. The summed E-state index contributed by atoms with van der Waals surface area (Å²) < 4.78 is 5.12. The zero-order valence-electron chi connectivity index (χ0n) is 5.09. The minimum Gasteiger partial charge on any atom is -0.159 e. The fraction of sp³-hybridized carbons (Fsp3) is 1.00. The highest BCUT2D eigenvalue weighted by molar-refractivity contribution is 8.62. The first kappa shape index (κ1) is 8.83. The van der Waals surface area contributed by atoms with Crippen molar-refractivity contribution in [2.75, 3.05) is 12.4 Å². The van der Waals surface area contributed by atoms with Crippen LogP contribution in [0, 0.1) is 0 Å². The molecule has 0 spiro atoms. The van der Waals surface area contributed by atoms with Gasteiger partial charge in [-0.25, -0.2) is 0 Å². The second-order valence-electron chi connectivity index (χ2n) is 1.06. The minimum atomic E-state index is -0.581. The molecule has 0 heterocycles. The minimum absolute atomic E-state index is 0.581. The summed E-state index contributed by atoms with van der Waals surface area (Å²) in [6.07, 6.45) is -0.581. The lowest BCUT2D eigenvalue weighted by molar-refractivity contribution is 0.396. The molecule has 8 heavy (non-hydrogen) atoms. The molecule has 0 aromatic heterocycles. The first-order valence-electron chi connectivity index (χ1n) is 2.54. The molecule has 48 valence electrons. The maximum absolute atomic E-state index is 5.12. The van der Waals surface area contributed by atoms with Crippen LogP contribution in [0.3, 0.4) is 0 Å². The molecular formula is C4H10OPS2+. The van der Waals surface area contributed by atoms with Crippen LogP contribution in [0.15, 0.2) is 0 Å². The Balaban J connectivity index is 3.06. The van der Waals surface area contributed by atoms with E-state index in [-0.39, 0.29) is 0 Å².